The number of hydrogen-bond donors (Lipinski definition) is 2. The molecule has 5 aliphatic carbocycles. The van der Waals surface area contributed by atoms with Gasteiger partial charge in [0.05, 0.1) is 11.1 Å². The van der Waals surface area contributed by atoms with Crippen molar-refractivity contribution in [2.45, 2.75) is 100 Å². The predicted octanol–water partition coefficient (Wildman–Crippen LogP) is 7.71. The molecule has 4 bridgehead atoms. The largest absolute Gasteiger partial charge is 0.490 e. The molecular formula is C40H42F5N7O4. The number of nitrogens with one attached hydrogen (secondary N) is 1. The van der Waals surface area contributed by atoms with Crippen LogP contribution >= 0.6 is 0 Å². The topological polar surface area (TPSA) is 135 Å². The van der Waals surface area contributed by atoms with Crippen LogP contribution in [0.5, 0.6) is 5.75 Å². The van der Waals surface area contributed by atoms with Crippen molar-refractivity contribution >= 4 is 28.7 Å². The number of nitrogens with zero attached hydrogens (tertiary/aromatic N) is 6. The Bertz CT molecular complexity index is 2120. The van der Waals surface area contributed by atoms with Gasteiger partial charge < -0.3 is 24.6 Å². The fourth-order valence-corrected chi connectivity index (χ4v) is 10.6. The van der Waals surface area contributed by atoms with Crippen molar-refractivity contribution < 1.29 is 41.4 Å². The van der Waals surface area contributed by atoms with Crippen LogP contribution in [-0.2, 0) is 11.0 Å². The van der Waals surface area contributed by atoms with Crippen molar-refractivity contribution in [3.05, 3.63) is 60.3 Å². The fourth-order valence-electron chi connectivity index (χ4n) is 10.6. The fraction of sp³-hybridized carbons (Fsp3) is 0.550. The summed E-state index contributed by atoms with van der Waals surface area (Å²) in [6, 6.07) is 6.60. The Kier molecular flexibility index (Phi) is 8.95. The maximum Gasteiger partial charge on any atom is 0.434 e. The summed E-state index contributed by atoms with van der Waals surface area (Å²) in [6.45, 7) is 1.36. The monoisotopic (exact) mass is 779 g/mol. The van der Waals surface area contributed by atoms with E-state index in [1.54, 1.807) is 42.9 Å². The minimum absolute atomic E-state index is 0.126. The lowest BCUT2D eigenvalue weighted by molar-refractivity contribution is -0.163. The quantitative estimate of drug-likeness (QED) is 0.173. The molecule has 11 nitrogen and oxygen atoms in total. The van der Waals surface area contributed by atoms with E-state index in [-0.39, 0.29) is 61.1 Å². The Balaban J connectivity index is 1.03. The van der Waals surface area contributed by atoms with E-state index < -0.39 is 40.8 Å². The van der Waals surface area contributed by atoms with E-state index in [0.717, 1.165) is 12.6 Å². The molecule has 0 atom stereocenters. The molecule has 6 fully saturated rings. The third-order valence-corrected chi connectivity index (χ3v) is 13.1. The van der Waals surface area contributed by atoms with Crippen molar-refractivity contribution in [2.75, 3.05) is 18.0 Å². The first-order valence-corrected chi connectivity index (χ1v) is 19.5. The summed E-state index contributed by atoms with van der Waals surface area (Å²) in [4.78, 5) is 45.6. The zero-order valence-electron chi connectivity index (χ0n) is 30.5. The summed E-state index contributed by atoms with van der Waals surface area (Å²) in [5.74, 6) is -4.34. The molecule has 5 saturated carbocycles. The van der Waals surface area contributed by atoms with E-state index in [9.17, 15) is 36.6 Å². The second-order valence-corrected chi connectivity index (χ2v) is 16.5. The maximum atomic E-state index is 14.8. The summed E-state index contributed by atoms with van der Waals surface area (Å²) >= 11 is 0. The number of fused-ring (bicyclic) bond motifs is 1. The number of aromatic nitrogens is 5. The molecule has 16 heteroatoms. The number of ether oxygens (including phenoxy) is 1. The highest BCUT2D eigenvalue weighted by atomic mass is 19.4. The van der Waals surface area contributed by atoms with E-state index in [0.29, 0.717) is 86.1 Å². The number of aliphatic carboxylic acids is 1. The molecule has 4 heterocycles. The molecule has 56 heavy (non-hydrogen) atoms. The Morgan fingerprint density at radius 1 is 0.911 bits per heavy atom. The summed E-state index contributed by atoms with van der Waals surface area (Å²) < 4.78 is 81.2. The van der Waals surface area contributed by atoms with Gasteiger partial charge in [0.15, 0.2) is 11.5 Å². The van der Waals surface area contributed by atoms with E-state index in [2.05, 4.69) is 30.2 Å². The molecule has 6 aliphatic rings. The average molecular weight is 780 g/mol. The highest BCUT2D eigenvalue weighted by Gasteiger charge is 2.62. The molecule has 10 rings (SSSR count). The first-order valence-electron chi connectivity index (χ1n) is 19.5. The zero-order chi connectivity index (χ0) is 39.0. The lowest BCUT2D eigenvalue weighted by Gasteiger charge is -2.59. The second-order valence-electron chi connectivity index (χ2n) is 16.5. The highest BCUT2D eigenvalue weighted by molar-refractivity contribution is 6.00. The molecule has 0 unspecified atom stereocenters. The SMILES string of the molecule is O=C(NC1(C(=O)O)C2CC3CC(C2)CC1C3)c1cnc(-c2cn(C3CCC(F)(F)CC3)c3cc(OC4CCN(c5ncccn5)CC4)ccc23)nc1C(F)(F)F. The summed E-state index contributed by atoms with van der Waals surface area (Å²) in [6.07, 6.45) is 5.12. The molecule has 2 N–H and O–H groups in total. The first kappa shape index (κ1) is 36.7. The van der Waals surface area contributed by atoms with Crippen LogP contribution in [0.25, 0.3) is 22.3 Å². The summed E-state index contributed by atoms with van der Waals surface area (Å²) in [7, 11) is 0. The van der Waals surface area contributed by atoms with Crippen LogP contribution in [0.4, 0.5) is 27.9 Å². The highest BCUT2D eigenvalue weighted by Crippen LogP contribution is 2.58. The molecule has 296 valence electrons. The van der Waals surface area contributed by atoms with E-state index >= 15 is 0 Å². The molecule has 1 saturated heterocycles. The Morgan fingerprint density at radius 3 is 2.20 bits per heavy atom. The van der Waals surface area contributed by atoms with Gasteiger partial charge in [0, 0.05) is 86.6 Å². The summed E-state index contributed by atoms with van der Waals surface area (Å²) in [5, 5.41) is 13.6. The summed E-state index contributed by atoms with van der Waals surface area (Å²) in [5.41, 5.74) is -3.18. The minimum atomic E-state index is -5.08. The number of carboxylic acid groups (broad SMARTS) is 1. The van der Waals surface area contributed by atoms with Gasteiger partial charge in [0.25, 0.3) is 5.91 Å². The number of carboxylic acids is 1. The van der Waals surface area contributed by atoms with Crippen LogP contribution in [0.15, 0.2) is 49.1 Å². The molecule has 0 spiro atoms. The van der Waals surface area contributed by atoms with Crippen molar-refractivity contribution in [3.63, 3.8) is 0 Å². The van der Waals surface area contributed by atoms with Gasteiger partial charge >= 0.3 is 12.1 Å². The Morgan fingerprint density at radius 2 is 1.57 bits per heavy atom. The predicted molar refractivity (Wildman–Crippen MR) is 193 cm³/mol. The number of carbonyl (C=O) groups is 2. The molecule has 1 aromatic carbocycles. The number of amides is 1. The van der Waals surface area contributed by atoms with Gasteiger partial charge in [-0.2, -0.15) is 13.2 Å². The number of alkyl halides is 5. The minimum Gasteiger partial charge on any atom is -0.490 e. The number of carbonyl (C=O) groups excluding carboxylic acids is 1. The molecule has 1 amide bonds. The van der Waals surface area contributed by atoms with E-state index in [1.807, 2.05) is 4.57 Å². The van der Waals surface area contributed by atoms with E-state index in [1.165, 1.54) is 0 Å². The number of halogens is 5. The van der Waals surface area contributed by atoms with Gasteiger partial charge in [-0.25, -0.2) is 33.5 Å². The molecule has 3 aromatic heterocycles. The number of benzene rings is 1. The van der Waals surface area contributed by atoms with Gasteiger partial charge in [-0.3, -0.25) is 4.79 Å². The van der Waals surface area contributed by atoms with Crippen LogP contribution < -0.4 is 15.0 Å². The van der Waals surface area contributed by atoms with Crippen molar-refractivity contribution in [1.29, 1.82) is 0 Å². The van der Waals surface area contributed by atoms with E-state index in [4.69, 9.17) is 4.74 Å². The van der Waals surface area contributed by atoms with Crippen LogP contribution in [-0.4, -0.2) is 72.1 Å². The van der Waals surface area contributed by atoms with Crippen molar-refractivity contribution in [3.8, 4) is 17.1 Å². The number of hydrogen-bond acceptors (Lipinski definition) is 8. The third kappa shape index (κ3) is 6.51. The van der Waals surface area contributed by atoms with Gasteiger partial charge in [-0.05, 0) is 86.8 Å². The van der Waals surface area contributed by atoms with Crippen molar-refractivity contribution in [1.82, 2.24) is 29.8 Å². The lowest BCUT2D eigenvalue weighted by Crippen LogP contribution is -2.70. The number of rotatable bonds is 8. The molecule has 1 aliphatic heterocycles. The maximum absolute atomic E-state index is 14.8. The molecular weight excluding hydrogens is 737 g/mol. The third-order valence-electron chi connectivity index (χ3n) is 13.1. The smallest absolute Gasteiger partial charge is 0.434 e. The lowest BCUT2D eigenvalue weighted by atomic mass is 9.48. The van der Waals surface area contributed by atoms with Crippen molar-refractivity contribution in [2.24, 2.45) is 23.7 Å². The first-order chi connectivity index (χ1) is 26.8. The van der Waals surface area contributed by atoms with Gasteiger partial charge in [0.1, 0.15) is 17.4 Å². The number of piperidine rings is 1. The average Bonchev–Trinajstić information content (AvgIpc) is 3.54. The van der Waals surface area contributed by atoms with Gasteiger partial charge in [-0.15, -0.1) is 0 Å². The van der Waals surface area contributed by atoms with Crippen LogP contribution in [0.1, 0.15) is 92.7 Å². The van der Waals surface area contributed by atoms with Crippen LogP contribution in [0, 0.1) is 23.7 Å². The molecule has 4 aromatic rings. The normalized spacial score (nSPS) is 27.8. The second kappa shape index (κ2) is 13.6. The van der Waals surface area contributed by atoms with Gasteiger partial charge in [0.2, 0.25) is 11.9 Å². The Hall–Kier alpha value is -4.89. The van der Waals surface area contributed by atoms with Gasteiger partial charge in [-0.1, -0.05) is 0 Å². The zero-order valence-corrected chi connectivity index (χ0v) is 30.5. The Labute approximate surface area is 319 Å². The van der Waals surface area contributed by atoms with Crippen LogP contribution in [0.2, 0.25) is 0 Å². The van der Waals surface area contributed by atoms with Crippen LogP contribution in [0.3, 0.4) is 0 Å². The number of anilines is 1. The standard InChI is InChI=1S/C40H42F5N7O4/c41-38(42)8-4-26(5-9-38)52-21-31(29-3-2-28(19-32(29)52)56-27-6-12-51(13-7-27)37-46-10-1-11-47-37)34-48-20-30(33(49-34)40(43,44)45)35(53)50-39(36(54)55)24-15-22-14-23(17-24)18-25(39)16-22/h1-3,10-11,19-27H,4-9,12-18H2,(H,50,53)(H,54,55). The molecule has 0 radical (unpaired) electrons.